The molecule has 0 aliphatic carbocycles. The number of hydrogen-bond acceptors (Lipinski definition) is 0. The van der Waals surface area contributed by atoms with Gasteiger partial charge in [-0.05, 0) is 27.5 Å². The molecule has 0 aliphatic rings. The van der Waals surface area contributed by atoms with Crippen LogP contribution in [-0.2, 0) is 36.7 Å². The summed E-state index contributed by atoms with van der Waals surface area (Å²) < 4.78 is 0. The first-order chi connectivity index (χ1) is 10.7. The molecule has 3 heteroatoms. The Kier molecular flexibility index (Phi) is 8.95. The average molecular weight is 553 g/mol. The molecule has 0 amide bonds. The summed E-state index contributed by atoms with van der Waals surface area (Å²) in [4.78, 5) is 0. The number of halogens is 2. The number of benzene rings is 2. The Labute approximate surface area is 189 Å². The predicted molar refractivity (Wildman–Crippen MR) is 102 cm³/mol. The van der Waals surface area contributed by atoms with Gasteiger partial charge in [0.2, 0.25) is 0 Å². The molecule has 0 aromatic heterocycles. The second-order valence-electron chi connectivity index (χ2n) is 8.63. The number of fused-ring (bicyclic) bond motifs is 1. The maximum Gasteiger partial charge on any atom is 0 e. The van der Waals surface area contributed by atoms with Gasteiger partial charge in [-0.15, -0.1) is 29.0 Å². The Bertz CT molecular complexity index is 816. The van der Waals surface area contributed by atoms with Gasteiger partial charge in [-0.2, -0.15) is 12.1 Å². The first-order valence-electron chi connectivity index (χ1n) is 8.47. The minimum absolute atomic E-state index is 0. The van der Waals surface area contributed by atoms with E-state index in [1.807, 2.05) is 0 Å². The second kappa shape index (κ2) is 9.13. The van der Waals surface area contributed by atoms with Gasteiger partial charge < -0.3 is 24.8 Å². The van der Waals surface area contributed by atoms with E-state index >= 15 is 0 Å². The summed E-state index contributed by atoms with van der Waals surface area (Å²) in [5.74, 6) is 0. The van der Waals surface area contributed by atoms with Crippen molar-refractivity contribution in [2.45, 2.75) is 52.4 Å². The zero-order chi connectivity index (χ0) is 16.8. The van der Waals surface area contributed by atoms with Gasteiger partial charge in [0.05, 0.1) is 0 Å². The monoisotopic (exact) mass is 553 g/mol. The molecule has 0 N–H and O–H groups in total. The van der Waals surface area contributed by atoms with Gasteiger partial charge in [0.15, 0.2) is 0 Å². The van der Waals surface area contributed by atoms with E-state index in [0.29, 0.717) is 0 Å². The van der Waals surface area contributed by atoms with E-state index in [4.69, 9.17) is 0 Å². The van der Waals surface area contributed by atoms with Gasteiger partial charge in [0, 0.05) is 25.8 Å². The zero-order valence-corrected chi connectivity index (χ0v) is 21.6. The van der Waals surface area contributed by atoms with Crippen LogP contribution in [0.2, 0.25) is 0 Å². The van der Waals surface area contributed by atoms with E-state index in [1.165, 1.54) is 33.0 Å². The Balaban J connectivity index is 0.00000208. The Morgan fingerprint density at radius 3 is 1.77 bits per heavy atom. The van der Waals surface area contributed by atoms with Gasteiger partial charge in [-0.3, -0.25) is 0 Å². The molecular formula is C23H27Cl2Hf-3. The van der Waals surface area contributed by atoms with Crippen molar-refractivity contribution in [2.75, 3.05) is 0 Å². The van der Waals surface area contributed by atoms with Crippen molar-refractivity contribution < 1.29 is 50.7 Å². The summed E-state index contributed by atoms with van der Waals surface area (Å²) in [7, 11) is 0. The van der Waals surface area contributed by atoms with E-state index in [-0.39, 0.29) is 61.5 Å². The van der Waals surface area contributed by atoms with Crippen molar-refractivity contribution in [3.63, 3.8) is 0 Å². The fourth-order valence-electron chi connectivity index (χ4n) is 3.06. The van der Waals surface area contributed by atoms with Crippen LogP contribution in [0.15, 0.2) is 54.6 Å². The van der Waals surface area contributed by atoms with E-state index in [0.717, 1.165) is 0 Å². The molecule has 0 aliphatic heterocycles. The third-order valence-electron chi connectivity index (χ3n) is 4.65. The third kappa shape index (κ3) is 5.27. The Morgan fingerprint density at radius 2 is 1.27 bits per heavy atom. The van der Waals surface area contributed by atoms with Gasteiger partial charge in [-0.25, -0.2) is 0 Å². The standard InChI is InChI=1S/C23H27.2ClH.Hf/c1-22(2,3)18-13-17(14-19(15-18)23(4,5)6)21-12-8-10-16-9-7-11-20(16)21;;;/h7-15H,1-6H3;2*1H;/q-1;;;/p-2. The SMILES string of the molecule is CC(C)(C)c1cc(-c2cccc3[cH-]ccc23)cc(C(C)(C)C)c1.[Cl-].[Cl-].[Hf]. The van der Waals surface area contributed by atoms with Crippen LogP contribution >= 0.6 is 0 Å². The van der Waals surface area contributed by atoms with Crippen LogP contribution in [0.4, 0.5) is 0 Å². The molecule has 3 aromatic carbocycles. The van der Waals surface area contributed by atoms with Crippen molar-refractivity contribution in [3.05, 3.63) is 65.7 Å². The van der Waals surface area contributed by atoms with Gasteiger partial charge in [0.25, 0.3) is 0 Å². The van der Waals surface area contributed by atoms with E-state index in [1.54, 1.807) is 0 Å². The summed E-state index contributed by atoms with van der Waals surface area (Å²) in [6.07, 6.45) is 0. The fourth-order valence-corrected chi connectivity index (χ4v) is 3.06. The second-order valence-corrected chi connectivity index (χ2v) is 8.63. The molecule has 0 fully saturated rings. The molecule has 0 spiro atoms. The largest absolute Gasteiger partial charge is 1.00 e. The number of hydrogen-bond donors (Lipinski definition) is 0. The maximum atomic E-state index is 2.38. The summed E-state index contributed by atoms with van der Waals surface area (Å²) >= 11 is 0. The van der Waals surface area contributed by atoms with Crippen LogP contribution in [0.5, 0.6) is 0 Å². The average Bonchev–Trinajstić information content (AvgIpc) is 2.93. The summed E-state index contributed by atoms with van der Waals surface area (Å²) in [5, 5.41) is 2.67. The predicted octanol–water partition coefficient (Wildman–Crippen LogP) is 0.826. The van der Waals surface area contributed by atoms with E-state index < -0.39 is 0 Å². The van der Waals surface area contributed by atoms with Crippen molar-refractivity contribution in [3.8, 4) is 11.1 Å². The van der Waals surface area contributed by atoms with Crippen LogP contribution in [0.1, 0.15) is 52.7 Å². The third-order valence-corrected chi connectivity index (χ3v) is 4.65. The fraction of sp³-hybridized carbons (Fsp3) is 0.348. The molecule has 26 heavy (non-hydrogen) atoms. The first kappa shape index (κ1) is 25.5. The minimum Gasteiger partial charge on any atom is -1.00 e. The maximum absolute atomic E-state index is 2.38. The zero-order valence-electron chi connectivity index (χ0n) is 16.5. The molecule has 0 radical (unpaired) electrons. The topological polar surface area (TPSA) is 0 Å². The Hall–Kier alpha value is -0.500. The molecule has 0 atom stereocenters. The van der Waals surface area contributed by atoms with Crippen molar-refractivity contribution in [2.24, 2.45) is 0 Å². The van der Waals surface area contributed by atoms with Crippen LogP contribution in [0.25, 0.3) is 21.9 Å². The normalized spacial score (nSPS) is 11.3. The van der Waals surface area contributed by atoms with Crippen LogP contribution in [0.3, 0.4) is 0 Å². The molecule has 3 rings (SSSR count). The van der Waals surface area contributed by atoms with Crippen LogP contribution < -0.4 is 24.8 Å². The van der Waals surface area contributed by atoms with Crippen molar-refractivity contribution in [1.82, 2.24) is 0 Å². The Morgan fingerprint density at radius 1 is 0.731 bits per heavy atom. The molecule has 140 valence electrons. The molecule has 0 heterocycles. The minimum atomic E-state index is 0. The first-order valence-corrected chi connectivity index (χ1v) is 8.47. The molecule has 0 saturated heterocycles. The smallest absolute Gasteiger partial charge is 0 e. The van der Waals surface area contributed by atoms with E-state index in [2.05, 4.69) is 96.1 Å². The number of rotatable bonds is 1. The van der Waals surface area contributed by atoms with Gasteiger partial charge in [0.1, 0.15) is 0 Å². The summed E-state index contributed by atoms with van der Waals surface area (Å²) in [6, 6.07) is 20.3. The van der Waals surface area contributed by atoms with Crippen LogP contribution in [0, 0.1) is 0 Å². The quantitative estimate of drug-likeness (QED) is 0.310. The van der Waals surface area contributed by atoms with Crippen molar-refractivity contribution >= 4 is 10.8 Å². The molecule has 3 aromatic rings. The molecule has 0 unspecified atom stereocenters. The summed E-state index contributed by atoms with van der Waals surface area (Å²) in [6.45, 7) is 13.8. The molecule has 0 nitrogen and oxygen atoms in total. The van der Waals surface area contributed by atoms with Crippen LogP contribution in [-0.4, -0.2) is 0 Å². The molecule has 0 bridgehead atoms. The van der Waals surface area contributed by atoms with Gasteiger partial charge >= 0.3 is 0 Å². The van der Waals surface area contributed by atoms with Crippen molar-refractivity contribution in [1.29, 1.82) is 0 Å². The molecular weight excluding hydrogens is 526 g/mol. The summed E-state index contributed by atoms with van der Waals surface area (Å²) in [5.41, 5.74) is 5.78. The van der Waals surface area contributed by atoms with E-state index in [9.17, 15) is 0 Å². The molecule has 0 saturated carbocycles. The van der Waals surface area contributed by atoms with Gasteiger partial charge in [-0.1, -0.05) is 71.4 Å².